The van der Waals surface area contributed by atoms with Crippen LogP contribution in [0.3, 0.4) is 0 Å². The lowest BCUT2D eigenvalue weighted by Gasteiger charge is -2.38. The van der Waals surface area contributed by atoms with Gasteiger partial charge in [0.15, 0.2) is 0 Å². The summed E-state index contributed by atoms with van der Waals surface area (Å²) < 4.78 is 85.0. The Hall–Kier alpha value is -4.62. The minimum absolute atomic E-state index is 0.0247. The van der Waals surface area contributed by atoms with E-state index in [0.29, 0.717) is 62.7 Å². The van der Waals surface area contributed by atoms with E-state index < -0.39 is 35.2 Å². The zero-order chi connectivity index (χ0) is 32.9. The number of carbonyl (C=O) groups is 2. The van der Waals surface area contributed by atoms with Crippen LogP contribution in [0.1, 0.15) is 35.3 Å². The van der Waals surface area contributed by atoms with Gasteiger partial charge in [0.05, 0.1) is 29.5 Å². The normalized spacial score (nSPS) is 13.8. The molecule has 4 rings (SSSR count). The van der Waals surface area contributed by atoms with Crippen LogP contribution in [-0.2, 0) is 12.4 Å². The van der Waals surface area contributed by atoms with Gasteiger partial charge in [-0.1, -0.05) is 12.1 Å². The fourth-order valence-electron chi connectivity index (χ4n) is 5.14. The Kier molecular flexibility index (Phi) is 10.0. The summed E-state index contributed by atoms with van der Waals surface area (Å²) in [6.07, 6.45) is -10.1. The van der Waals surface area contributed by atoms with E-state index >= 15 is 0 Å². The van der Waals surface area contributed by atoms with E-state index in [9.17, 15) is 35.9 Å². The number of methoxy groups -OCH3 is 1. The standard InChI is InChI=1S/C31H33F6N5O3/c1-4-40(5-2)28(43)24-19-22(38-29(44)39-23-17-20(30(32,33)34)16-21(18-23)31(35,36)37)10-11-25(24)41-12-14-42(15-13-41)26-8-6-7-9-27(26)45-3/h6-11,16-19H,4-5,12-15H2,1-3H3,(H2,38,39,44). The number of halogens is 6. The number of carbonyl (C=O) groups excluding carboxylic acids is 2. The molecule has 1 aliphatic heterocycles. The smallest absolute Gasteiger partial charge is 0.416 e. The van der Waals surface area contributed by atoms with Gasteiger partial charge in [-0.15, -0.1) is 0 Å². The Morgan fingerprint density at radius 3 is 1.82 bits per heavy atom. The third kappa shape index (κ3) is 7.91. The van der Waals surface area contributed by atoms with Gasteiger partial charge in [0.1, 0.15) is 5.75 Å². The molecule has 8 nitrogen and oxygen atoms in total. The number of nitrogens with one attached hydrogen (secondary N) is 2. The van der Waals surface area contributed by atoms with Gasteiger partial charge in [0, 0.05) is 56.3 Å². The number of anilines is 4. The molecular formula is C31H33F6N5O3. The fourth-order valence-corrected chi connectivity index (χ4v) is 5.14. The van der Waals surface area contributed by atoms with Crippen LogP contribution in [0.4, 0.5) is 53.9 Å². The molecule has 242 valence electrons. The van der Waals surface area contributed by atoms with Gasteiger partial charge in [0.2, 0.25) is 0 Å². The predicted octanol–water partition coefficient (Wildman–Crippen LogP) is 7.19. The zero-order valence-corrected chi connectivity index (χ0v) is 24.9. The molecule has 0 spiro atoms. The summed E-state index contributed by atoms with van der Waals surface area (Å²) in [5.74, 6) is 0.454. The molecule has 0 aromatic heterocycles. The second-order valence-electron chi connectivity index (χ2n) is 10.2. The van der Waals surface area contributed by atoms with E-state index in [-0.39, 0.29) is 17.7 Å². The van der Waals surface area contributed by atoms with Gasteiger partial charge in [0.25, 0.3) is 5.91 Å². The predicted molar refractivity (Wildman–Crippen MR) is 160 cm³/mol. The Morgan fingerprint density at radius 1 is 0.756 bits per heavy atom. The van der Waals surface area contributed by atoms with E-state index in [0.717, 1.165) is 11.4 Å². The van der Waals surface area contributed by atoms with E-state index in [1.807, 2.05) is 48.3 Å². The first-order chi connectivity index (χ1) is 21.2. The first-order valence-corrected chi connectivity index (χ1v) is 14.2. The quantitative estimate of drug-likeness (QED) is 0.256. The highest BCUT2D eigenvalue weighted by atomic mass is 19.4. The van der Waals surface area contributed by atoms with Gasteiger partial charge in [-0.05, 0) is 62.4 Å². The maximum atomic E-state index is 13.6. The highest BCUT2D eigenvalue weighted by Crippen LogP contribution is 2.38. The largest absolute Gasteiger partial charge is 0.495 e. The van der Waals surface area contributed by atoms with Crippen molar-refractivity contribution >= 4 is 34.7 Å². The molecule has 1 saturated heterocycles. The topological polar surface area (TPSA) is 77.2 Å². The molecule has 0 saturated carbocycles. The molecule has 3 aromatic carbocycles. The lowest BCUT2D eigenvalue weighted by Crippen LogP contribution is -2.47. The summed E-state index contributed by atoms with van der Waals surface area (Å²) in [4.78, 5) is 32.1. The summed E-state index contributed by atoms with van der Waals surface area (Å²) in [5.41, 5.74) is -1.82. The summed E-state index contributed by atoms with van der Waals surface area (Å²) in [7, 11) is 1.61. The van der Waals surface area contributed by atoms with Crippen LogP contribution >= 0.6 is 0 Å². The van der Waals surface area contributed by atoms with Crippen molar-refractivity contribution < 1.29 is 40.7 Å². The van der Waals surface area contributed by atoms with Crippen LogP contribution in [0.5, 0.6) is 5.75 Å². The molecule has 1 fully saturated rings. The number of benzene rings is 3. The molecule has 3 aromatic rings. The average Bonchev–Trinajstić information content (AvgIpc) is 3.00. The first-order valence-electron chi connectivity index (χ1n) is 14.2. The van der Waals surface area contributed by atoms with Crippen LogP contribution in [0.25, 0.3) is 0 Å². The van der Waals surface area contributed by atoms with Gasteiger partial charge in [-0.25, -0.2) is 4.79 Å². The Balaban J connectivity index is 1.57. The number of piperazine rings is 1. The fraction of sp³-hybridized carbons (Fsp3) is 0.355. The van der Waals surface area contributed by atoms with Crippen LogP contribution < -0.4 is 25.2 Å². The van der Waals surface area contributed by atoms with Crippen molar-refractivity contribution in [3.05, 3.63) is 77.4 Å². The Labute approximate surface area is 256 Å². The first kappa shape index (κ1) is 33.3. The van der Waals surface area contributed by atoms with Crippen LogP contribution in [-0.4, -0.2) is 63.2 Å². The van der Waals surface area contributed by atoms with E-state index in [1.165, 1.54) is 12.1 Å². The number of nitrogens with zero attached hydrogens (tertiary/aromatic N) is 3. The van der Waals surface area contributed by atoms with Gasteiger partial charge < -0.3 is 30.1 Å². The van der Waals surface area contributed by atoms with Crippen molar-refractivity contribution in [2.24, 2.45) is 0 Å². The maximum Gasteiger partial charge on any atom is 0.416 e. The molecule has 1 aliphatic rings. The summed E-state index contributed by atoms with van der Waals surface area (Å²) in [5, 5.41) is 4.47. The summed E-state index contributed by atoms with van der Waals surface area (Å²) >= 11 is 0. The molecule has 0 radical (unpaired) electrons. The number of hydrogen-bond donors (Lipinski definition) is 2. The third-order valence-electron chi connectivity index (χ3n) is 7.43. The Bertz CT molecular complexity index is 1480. The molecule has 45 heavy (non-hydrogen) atoms. The minimum atomic E-state index is -5.07. The molecule has 3 amide bonds. The third-order valence-corrected chi connectivity index (χ3v) is 7.43. The Morgan fingerprint density at radius 2 is 1.29 bits per heavy atom. The van der Waals surface area contributed by atoms with Crippen molar-refractivity contribution in [1.82, 2.24) is 4.90 Å². The minimum Gasteiger partial charge on any atom is -0.495 e. The molecule has 0 atom stereocenters. The van der Waals surface area contributed by atoms with Crippen molar-refractivity contribution in [3.8, 4) is 5.75 Å². The lowest BCUT2D eigenvalue weighted by molar-refractivity contribution is -0.143. The van der Waals surface area contributed by atoms with Crippen molar-refractivity contribution in [3.63, 3.8) is 0 Å². The van der Waals surface area contributed by atoms with Gasteiger partial charge >= 0.3 is 18.4 Å². The van der Waals surface area contributed by atoms with Crippen LogP contribution in [0.2, 0.25) is 0 Å². The SMILES string of the molecule is CCN(CC)C(=O)c1cc(NC(=O)Nc2cc(C(F)(F)F)cc(C(F)(F)F)c2)ccc1N1CCN(c2ccccc2OC)CC1. The molecular weight excluding hydrogens is 604 g/mol. The molecule has 14 heteroatoms. The number of ether oxygens (including phenoxy) is 1. The van der Waals surface area contributed by atoms with Crippen LogP contribution in [0.15, 0.2) is 60.7 Å². The highest BCUT2D eigenvalue weighted by molar-refractivity contribution is 6.04. The number of alkyl halides is 6. The molecule has 0 aliphatic carbocycles. The van der Waals surface area contributed by atoms with Crippen LogP contribution in [0, 0.1) is 0 Å². The van der Waals surface area contributed by atoms with Gasteiger partial charge in [-0.2, -0.15) is 26.3 Å². The lowest BCUT2D eigenvalue weighted by atomic mass is 10.1. The number of urea groups is 1. The second kappa shape index (κ2) is 13.6. The maximum absolute atomic E-state index is 13.6. The average molecular weight is 638 g/mol. The molecule has 0 unspecified atom stereocenters. The number of rotatable bonds is 8. The van der Waals surface area contributed by atoms with E-state index in [2.05, 4.69) is 10.2 Å². The number of hydrogen-bond acceptors (Lipinski definition) is 5. The van der Waals surface area contributed by atoms with Crippen molar-refractivity contribution in [1.29, 1.82) is 0 Å². The highest BCUT2D eigenvalue weighted by Gasteiger charge is 2.37. The second-order valence-corrected chi connectivity index (χ2v) is 10.2. The van der Waals surface area contributed by atoms with E-state index in [1.54, 1.807) is 18.1 Å². The van der Waals surface area contributed by atoms with Crippen molar-refractivity contribution in [2.75, 3.05) is 66.8 Å². The zero-order valence-electron chi connectivity index (χ0n) is 24.9. The number of amides is 3. The molecule has 2 N–H and O–H groups in total. The molecule has 1 heterocycles. The molecule has 0 bridgehead atoms. The summed E-state index contributed by atoms with van der Waals surface area (Å²) in [6, 6.07) is 12.0. The monoisotopic (exact) mass is 637 g/mol. The van der Waals surface area contributed by atoms with Crippen molar-refractivity contribution in [2.45, 2.75) is 26.2 Å². The summed E-state index contributed by atoms with van der Waals surface area (Å²) in [6.45, 7) is 6.91. The number of para-hydroxylation sites is 2. The van der Waals surface area contributed by atoms with E-state index in [4.69, 9.17) is 4.74 Å². The van der Waals surface area contributed by atoms with Gasteiger partial charge in [-0.3, -0.25) is 4.79 Å².